The van der Waals surface area contributed by atoms with E-state index in [1.165, 1.54) is 25.3 Å². The third-order valence-corrected chi connectivity index (χ3v) is 5.89. The molecule has 3 rings (SSSR count). The number of carbonyl (C=O) groups excluding carboxylic acids is 1. The molecule has 4 nitrogen and oxygen atoms in total. The Hall–Kier alpha value is -1.79. The largest absolute Gasteiger partial charge is 0.417 e. The molecular weight excluding hydrogens is 355 g/mol. The van der Waals surface area contributed by atoms with E-state index in [9.17, 15) is 18.0 Å². The minimum Gasteiger partial charge on any atom is -0.356 e. The van der Waals surface area contributed by atoms with Crippen molar-refractivity contribution in [2.45, 2.75) is 63.6 Å². The lowest BCUT2D eigenvalue weighted by molar-refractivity contribution is -0.137. The predicted octanol–water partition coefficient (Wildman–Crippen LogP) is 4.50. The number of rotatable bonds is 6. The quantitative estimate of drug-likeness (QED) is 0.679. The molecule has 0 aromatic carbocycles. The molecule has 0 radical (unpaired) electrons. The molecule has 1 aromatic rings. The van der Waals surface area contributed by atoms with Crippen LogP contribution in [-0.4, -0.2) is 42.0 Å². The van der Waals surface area contributed by atoms with Gasteiger partial charge in [0.2, 0.25) is 6.41 Å². The standard InChI is InChI=1S/C20H28F3N3O/c21-20(22,23)17-8-9-19(24-13-17)25-11-4-5-16(14-25)10-12-26(15-27)18-6-2-1-3-7-18/h8-9,13,15-16,18H,1-7,10-12,14H2. The Morgan fingerprint density at radius 2 is 1.93 bits per heavy atom. The third kappa shape index (κ3) is 5.36. The molecule has 150 valence electrons. The summed E-state index contributed by atoms with van der Waals surface area (Å²) in [6, 6.07) is 2.95. The molecule has 1 unspecified atom stereocenters. The van der Waals surface area contributed by atoms with Gasteiger partial charge in [-0.1, -0.05) is 19.3 Å². The van der Waals surface area contributed by atoms with Crippen LogP contribution < -0.4 is 4.90 Å². The van der Waals surface area contributed by atoms with Gasteiger partial charge in [0.15, 0.2) is 0 Å². The second-order valence-electron chi connectivity index (χ2n) is 7.78. The lowest BCUT2D eigenvalue weighted by Gasteiger charge is -2.36. The van der Waals surface area contributed by atoms with E-state index in [-0.39, 0.29) is 0 Å². The van der Waals surface area contributed by atoms with Gasteiger partial charge in [-0.05, 0) is 50.2 Å². The molecule has 2 aliphatic rings. The second kappa shape index (κ2) is 8.93. The van der Waals surface area contributed by atoms with Gasteiger partial charge < -0.3 is 9.80 Å². The van der Waals surface area contributed by atoms with Crippen molar-refractivity contribution < 1.29 is 18.0 Å². The van der Waals surface area contributed by atoms with Gasteiger partial charge in [-0.15, -0.1) is 0 Å². The molecule has 1 saturated carbocycles. The normalized spacial score (nSPS) is 21.9. The maximum Gasteiger partial charge on any atom is 0.417 e. The minimum absolute atomic E-state index is 0.382. The first kappa shape index (κ1) is 20.0. The fourth-order valence-electron chi connectivity index (χ4n) is 4.32. The molecule has 1 atom stereocenters. The van der Waals surface area contributed by atoms with E-state index < -0.39 is 11.7 Å². The summed E-state index contributed by atoms with van der Waals surface area (Å²) < 4.78 is 38.1. The molecule has 0 bridgehead atoms. The predicted molar refractivity (Wildman–Crippen MR) is 98.4 cm³/mol. The van der Waals surface area contributed by atoms with Crippen molar-refractivity contribution in [2.24, 2.45) is 5.92 Å². The van der Waals surface area contributed by atoms with Crippen molar-refractivity contribution in [3.05, 3.63) is 23.9 Å². The molecule has 1 aliphatic carbocycles. The Kier molecular flexibility index (Phi) is 6.60. The molecule has 2 fully saturated rings. The third-order valence-electron chi connectivity index (χ3n) is 5.89. The van der Waals surface area contributed by atoms with Crippen LogP contribution in [0.25, 0.3) is 0 Å². The summed E-state index contributed by atoms with van der Waals surface area (Å²) in [5.74, 6) is 1.04. The summed E-state index contributed by atoms with van der Waals surface area (Å²) in [5.41, 5.74) is -0.714. The zero-order chi connectivity index (χ0) is 19.3. The Morgan fingerprint density at radius 1 is 1.15 bits per heavy atom. The second-order valence-corrected chi connectivity index (χ2v) is 7.78. The molecule has 0 spiro atoms. The number of halogens is 3. The van der Waals surface area contributed by atoms with Crippen LogP contribution in [0.1, 0.15) is 56.9 Å². The molecule has 0 N–H and O–H groups in total. The van der Waals surface area contributed by atoms with Gasteiger partial charge in [0.1, 0.15) is 5.82 Å². The molecule has 1 aliphatic heterocycles. The first-order chi connectivity index (χ1) is 13.0. The van der Waals surface area contributed by atoms with Crippen LogP contribution in [0.2, 0.25) is 0 Å². The van der Waals surface area contributed by atoms with Crippen molar-refractivity contribution in [3.8, 4) is 0 Å². The fourth-order valence-corrected chi connectivity index (χ4v) is 4.32. The van der Waals surface area contributed by atoms with E-state index in [0.29, 0.717) is 17.8 Å². The van der Waals surface area contributed by atoms with E-state index >= 15 is 0 Å². The summed E-state index contributed by atoms with van der Waals surface area (Å²) in [4.78, 5) is 19.6. The van der Waals surface area contributed by atoms with E-state index in [4.69, 9.17) is 0 Å². The van der Waals surface area contributed by atoms with E-state index in [1.807, 2.05) is 4.90 Å². The molecule has 7 heteroatoms. The SMILES string of the molecule is O=CN(CCC1CCCN(c2ccc(C(F)(F)F)cn2)C1)C1CCCCC1. The molecule has 27 heavy (non-hydrogen) atoms. The van der Waals surface area contributed by atoms with Crippen molar-refractivity contribution >= 4 is 12.2 Å². The highest BCUT2D eigenvalue weighted by atomic mass is 19.4. The zero-order valence-electron chi connectivity index (χ0n) is 15.6. The number of aromatic nitrogens is 1. The van der Waals surface area contributed by atoms with Crippen molar-refractivity contribution in [3.63, 3.8) is 0 Å². The van der Waals surface area contributed by atoms with Crippen LogP contribution in [0.3, 0.4) is 0 Å². The van der Waals surface area contributed by atoms with Gasteiger partial charge >= 0.3 is 6.18 Å². The van der Waals surface area contributed by atoms with E-state index in [2.05, 4.69) is 9.88 Å². The maximum absolute atomic E-state index is 12.7. The summed E-state index contributed by atoms with van der Waals surface area (Å²) >= 11 is 0. The van der Waals surface area contributed by atoms with Crippen LogP contribution in [0.15, 0.2) is 18.3 Å². The number of hydrogen-bond donors (Lipinski definition) is 0. The highest BCUT2D eigenvalue weighted by Gasteiger charge is 2.31. The van der Waals surface area contributed by atoms with Gasteiger partial charge in [0, 0.05) is 31.9 Å². The topological polar surface area (TPSA) is 36.4 Å². The highest BCUT2D eigenvalue weighted by Crippen LogP contribution is 2.31. The summed E-state index contributed by atoms with van der Waals surface area (Å²) in [6.07, 6.45) is 6.45. The smallest absolute Gasteiger partial charge is 0.356 e. The number of carbonyl (C=O) groups is 1. The Balaban J connectivity index is 1.53. The summed E-state index contributed by atoms with van der Waals surface area (Å²) in [7, 11) is 0. The number of hydrogen-bond acceptors (Lipinski definition) is 3. The number of nitrogens with zero attached hydrogens (tertiary/aromatic N) is 3. The van der Waals surface area contributed by atoms with Crippen LogP contribution >= 0.6 is 0 Å². The average Bonchev–Trinajstić information content (AvgIpc) is 2.69. The number of pyridine rings is 1. The molecule has 2 heterocycles. The minimum atomic E-state index is -4.35. The van der Waals surface area contributed by atoms with Crippen molar-refractivity contribution in [1.29, 1.82) is 0 Å². The van der Waals surface area contributed by atoms with Crippen LogP contribution in [0.5, 0.6) is 0 Å². The fraction of sp³-hybridized carbons (Fsp3) is 0.700. The van der Waals surface area contributed by atoms with Crippen LogP contribution in [0.4, 0.5) is 19.0 Å². The van der Waals surface area contributed by atoms with Gasteiger partial charge in [-0.3, -0.25) is 4.79 Å². The number of alkyl halides is 3. The number of piperidine rings is 1. The first-order valence-electron chi connectivity index (χ1n) is 9.96. The lowest BCUT2D eigenvalue weighted by atomic mass is 9.92. The zero-order valence-corrected chi connectivity index (χ0v) is 15.6. The van der Waals surface area contributed by atoms with Crippen LogP contribution in [0, 0.1) is 5.92 Å². The Labute approximate surface area is 158 Å². The first-order valence-corrected chi connectivity index (χ1v) is 9.96. The molecular formula is C20H28F3N3O. The van der Waals surface area contributed by atoms with Gasteiger partial charge in [0.25, 0.3) is 0 Å². The monoisotopic (exact) mass is 383 g/mol. The molecule has 1 aromatic heterocycles. The highest BCUT2D eigenvalue weighted by molar-refractivity contribution is 5.47. The summed E-state index contributed by atoms with van der Waals surface area (Å²) in [5, 5.41) is 0. The molecule has 1 amide bonds. The van der Waals surface area contributed by atoms with Crippen molar-refractivity contribution in [1.82, 2.24) is 9.88 Å². The Morgan fingerprint density at radius 3 is 2.56 bits per heavy atom. The van der Waals surface area contributed by atoms with Gasteiger partial charge in [-0.2, -0.15) is 13.2 Å². The van der Waals surface area contributed by atoms with Gasteiger partial charge in [-0.25, -0.2) is 4.98 Å². The van der Waals surface area contributed by atoms with E-state index in [1.54, 1.807) is 0 Å². The number of anilines is 1. The number of amides is 1. The summed E-state index contributed by atoms with van der Waals surface area (Å²) in [6.45, 7) is 2.37. The van der Waals surface area contributed by atoms with E-state index in [0.717, 1.165) is 70.4 Å². The van der Waals surface area contributed by atoms with Gasteiger partial charge in [0.05, 0.1) is 5.56 Å². The van der Waals surface area contributed by atoms with Crippen molar-refractivity contribution in [2.75, 3.05) is 24.5 Å². The lowest BCUT2D eigenvalue weighted by Crippen LogP contribution is -2.40. The van der Waals surface area contributed by atoms with Crippen LogP contribution in [-0.2, 0) is 11.0 Å². The maximum atomic E-state index is 12.7. The Bertz CT molecular complexity index is 599. The molecule has 1 saturated heterocycles. The average molecular weight is 383 g/mol.